The van der Waals surface area contributed by atoms with Gasteiger partial charge in [-0.2, -0.15) is 0 Å². The van der Waals surface area contributed by atoms with E-state index in [4.69, 9.17) is 4.74 Å². The summed E-state index contributed by atoms with van der Waals surface area (Å²) in [5.74, 6) is -0.848. The molecular formula is C17H20O6. The normalized spacial score (nSPS) is 19.0. The van der Waals surface area contributed by atoms with E-state index in [-0.39, 0.29) is 28.2 Å². The van der Waals surface area contributed by atoms with Gasteiger partial charge in [-0.3, -0.25) is 0 Å². The van der Waals surface area contributed by atoms with Crippen LogP contribution in [0.4, 0.5) is 0 Å². The van der Waals surface area contributed by atoms with Crippen LogP contribution in [0.2, 0.25) is 0 Å². The maximum Gasteiger partial charge on any atom is 0.348 e. The van der Waals surface area contributed by atoms with Crippen LogP contribution in [-0.4, -0.2) is 38.1 Å². The number of hydrogen-bond acceptors (Lipinski definition) is 6. The van der Waals surface area contributed by atoms with E-state index in [0.717, 1.165) is 0 Å². The van der Waals surface area contributed by atoms with E-state index in [1.807, 2.05) is 0 Å². The molecule has 0 saturated heterocycles. The molecule has 0 fully saturated rings. The Balaban J connectivity index is 2.62. The molecule has 1 aliphatic heterocycles. The number of fused-ring (bicyclic) bond motifs is 1. The molecular weight excluding hydrogens is 300 g/mol. The van der Waals surface area contributed by atoms with Gasteiger partial charge in [0.1, 0.15) is 29.3 Å². The molecule has 6 heteroatoms. The highest BCUT2D eigenvalue weighted by Crippen LogP contribution is 2.41. The third-order valence-corrected chi connectivity index (χ3v) is 3.65. The quantitative estimate of drug-likeness (QED) is 0.628. The highest BCUT2D eigenvalue weighted by atomic mass is 16.5. The van der Waals surface area contributed by atoms with Gasteiger partial charge < -0.3 is 25.2 Å². The highest BCUT2D eigenvalue weighted by Gasteiger charge is 2.38. The van der Waals surface area contributed by atoms with Gasteiger partial charge in [-0.25, -0.2) is 4.79 Å². The summed E-state index contributed by atoms with van der Waals surface area (Å²) in [4.78, 5) is 12.0. The predicted molar refractivity (Wildman–Crippen MR) is 83.6 cm³/mol. The second-order valence-corrected chi connectivity index (χ2v) is 5.91. The molecule has 1 aromatic rings. The number of esters is 1. The lowest BCUT2D eigenvalue weighted by molar-refractivity contribution is -0.107. The second kappa shape index (κ2) is 6.16. The lowest BCUT2D eigenvalue weighted by Crippen LogP contribution is -2.40. The Bertz CT molecular complexity index is 681. The maximum atomic E-state index is 12.0. The zero-order valence-corrected chi connectivity index (χ0v) is 13.1. The van der Waals surface area contributed by atoms with E-state index < -0.39 is 23.8 Å². The monoisotopic (exact) mass is 320 g/mol. The summed E-state index contributed by atoms with van der Waals surface area (Å²) in [6.45, 7) is 4.50. The van der Waals surface area contributed by atoms with E-state index in [2.05, 4.69) is 0 Å². The summed E-state index contributed by atoms with van der Waals surface area (Å²) < 4.78 is 5.13. The van der Waals surface area contributed by atoms with Crippen LogP contribution in [0.5, 0.6) is 5.75 Å². The van der Waals surface area contributed by atoms with Crippen molar-refractivity contribution in [1.82, 2.24) is 0 Å². The third kappa shape index (κ3) is 3.14. The molecule has 0 aliphatic carbocycles. The number of rotatable bonds is 4. The Morgan fingerprint density at radius 1 is 1.22 bits per heavy atom. The fraction of sp³-hybridized carbons (Fsp3) is 0.353. The summed E-state index contributed by atoms with van der Waals surface area (Å²) in [5.41, 5.74) is -1.22. The average Bonchev–Trinajstić information content (AvgIpc) is 2.81. The number of benzene rings is 1. The number of carbonyl (C=O) groups excluding carboxylic acids is 1. The molecule has 0 radical (unpaired) electrons. The van der Waals surface area contributed by atoms with Crippen LogP contribution in [-0.2, 0) is 4.74 Å². The molecule has 2 unspecified atom stereocenters. The maximum absolute atomic E-state index is 12.0. The molecule has 2 atom stereocenters. The van der Waals surface area contributed by atoms with Gasteiger partial charge in [-0.1, -0.05) is 18.2 Å². The summed E-state index contributed by atoms with van der Waals surface area (Å²) >= 11 is 0. The van der Waals surface area contributed by atoms with Gasteiger partial charge >= 0.3 is 5.97 Å². The number of aliphatic hydroxyl groups is 3. The fourth-order valence-electron chi connectivity index (χ4n) is 2.39. The van der Waals surface area contributed by atoms with E-state index in [1.54, 1.807) is 19.1 Å². The van der Waals surface area contributed by atoms with Crippen molar-refractivity contribution in [2.45, 2.75) is 38.6 Å². The lowest BCUT2D eigenvalue weighted by Gasteiger charge is -2.29. The molecule has 0 spiro atoms. The molecule has 0 bridgehead atoms. The van der Waals surface area contributed by atoms with Crippen molar-refractivity contribution in [3.05, 3.63) is 47.1 Å². The summed E-state index contributed by atoms with van der Waals surface area (Å²) in [6.07, 6.45) is 1.94. The molecule has 1 aromatic carbocycles. The van der Waals surface area contributed by atoms with Gasteiger partial charge in [0.15, 0.2) is 0 Å². The number of allylic oxidation sites excluding steroid dienone is 3. The first-order valence-electron chi connectivity index (χ1n) is 7.18. The minimum Gasteiger partial charge on any atom is -0.507 e. The molecule has 4 N–H and O–H groups in total. The summed E-state index contributed by atoms with van der Waals surface area (Å²) in [5, 5.41) is 40.3. The van der Waals surface area contributed by atoms with E-state index in [1.165, 1.54) is 32.1 Å². The smallest absolute Gasteiger partial charge is 0.348 e. The molecule has 124 valence electrons. The molecule has 1 heterocycles. The molecule has 1 aliphatic rings. The molecule has 0 amide bonds. The van der Waals surface area contributed by atoms with Crippen LogP contribution >= 0.6 is 0 Å². The minimum absolute atomic E-state index is 0.0692. The standard InChI is InChI=1S/C17H20O6/c1-4-5-6-11-12-9(14(19)15(20)17(2,3)22)7-8-10(18)13(12)16(21)23-11/h4-8,14-15,18-20,22H,1-3H3. The van der Waals surface area contributed by atoms with Crippen molar-refractivity contribution in [3.63, 3.8) is 0 Å². The zero-order valence-electron chi connectivity index (χ0n) is 13.1. The molecule has 0 aromatic heterocycles. The van der Waals surface area contributed by atoms with Crippen LogP contribution in [0.15, 0.2) is 30.4 Å². The lowest BCUT2D eigenvalue weighted by atomic mass is 9.88. The van der Waals surface area contributed by atoms with Crippen LogP contribution in [0.25, 0.3) is 5.76 Å². The number of phenols is 1. The van der Waals surface area contributed by atoms with Crippen molar-refractivity contribution >= 4 is 11.7 Å². The molecule has 2 rings (SSSR count). The fourth-order valence-corrected chi connectivity index (χ4v) is 2.39. The first-order chi connectivity index (χ1) is 10.7. The van der Waals surface area contributed by atoms with Crippen molar-refractivity contribution in [3.8, 4) is 5.75 Å². The van der Waals surface area contributed by atoms with Crippen molar-refractivity contribution < 1.29 is 30.0 Å². The number of aliphatic hydroxyl groups excluding tert-OH is 2. The SMILES string of the molecule is CC=CC=C1OC(=O)c2c(O)ccc(C(O)C(O)C(C)(C)O)c21. The topological polar surface area (TPSA) is 107 Å². The number of hydrogen-bond donors (Lipinski definition) is 4. The first kappa shape index (κ1) is 17.2. The van der Waals surface area contributed by atoms with Crippen LogP contribution in [0.1, 0.15) is 48.4 Å². The molecule has 0 saturated carbocycles. The Kier molecular flexibility index (Phi) is 4.61. The predicted octanol–water partition coefficient (Wildman–Crippen LogP) is 1.64. The van der Waals surface area contributed by atoms with Gasteiger partial charge in [0.25, 0.3) is 0 Å². The molecule has 23 heavy (non-hydrogen) atoms. The minimum atomic E-state index is -1.55. The van der Waals surface area contributed by atoms with Crippen LogP contribution in [0, 0.1) is 0 Å². The van der Waals surface area contributed by atoms with Gasteiger partial charge in [0.05, 0.1) is 5.60 Å². The summed E-state index contributed by atoms with van der Waals surface area (Å²) in [7, 11) is 0. The number of cyclic esters (lactones) is 1. The molecule has 6 nitrogen and oxygen atoms in total. The van der Waals surface area contributed by atoms with Gasteiger partial charge in [0, 0.05) is 5.56 Å². The third-order valence-electron chi connectivity index (χ3n) is 3.65. The summed E-state index contributed by atoms with van der Waals surface area (Å²) in [6, 6.07) is 2.63. The van der Waals surface area contributed by atoms with Gasteiger partial charge in [-0.05, 0) is 38.5 Å². The van der Waals surface area contributed by atoms with Gasteiger partial charge in [0.2, 0.25) is 0 Å². The highest BCUT2D eigenvalue weighted by molar-refractivity contribution is 6.06. The number of aromatic hydroxyl groups is 1. The Morgan fingerprint density at radius 3 is 2.43 bits per heavy atom. The van der Waals surface area contributed by atoms with E-state index in [0.29, 0.717) is 0 Å². The Labute approximate surface area is 134 Å². The average molecular weight is 320 g/mol. The number of phenolic OH excluding ortho intramolecular Hbond substituents is 1. The zero-order chi connectivity index (χ0) is 17.4. The number of carbonyl (C=O) groups is 1. The largest absolute Gasteiger partial charge is 0.507 e. The Hall–Kier alpha value is -2.15. The number of ether oxygens (including phenoxy) is 1. The van der Waals surface area contributed by atoms with E-state index >= 15 is 0 Å². The van der Waals surface area contributed by atoms with Crippen LogP contribution < -0.4 is 0 Å². The second-order valence-electron chi connectivity index (χ2n) is 5.91. The first-order valence-corrected chi connectivity index (χ1v) is 7.18. The van der Waals surface area contributed by atoms with Crippen molar-refractivity contribution in [2.24, 2.45) is 0 Å². The van der Waals surface area contributed by atoms with Gasteiger partial charge in [-0.15, -0.1) is 0 Å². The van der Waals surface area contributed by atoms with E-state index in [9.17, 15) is 25.2 Å². The Morgan fingerprint density at radius 2 is 1.87 bits per heavy atom. The van der Waals surface area contributed by atoms with Crippen molar-refractivity contribution in [1.29, 1.82) is 0 Å². The van der Waals surface area contributed by atoms with Crippen LogP contribution in [0.3, 0.4) is 0 Å². The van der Waals surface area contributed by atoms with Crippen molar-refractivity contribution in [2.75, 3.05) is 0 Å².